The summed E-state index contributed by atoms with van der Waals surface area (Å²) >= 11 is 1.84. The quantitative estimate of drug-likeness (QED) is 0.154. The first-order valence-corrected chi connectivity index (χ1v) is 21.3. The third-order valence-electron chi connectivity index (χ3n) is 11.8. The van der Waals surface area contributed by atoms with Crippen molar-refractivity contribution in [2.75, 3.05) is 0 Å². The summed E-state index contributed by atoms with van der Waals surface area (Å²) in [6.07, 6.45) is 2.92. The highest BCUT2D eigenvalue weighted by molar-refractivity contribution is 7.26. The largest absolute Gasteiger partial charge is 0.456 e. The lowest BCUT2D eigenvalue weighted by Crippen LogP contribution is -2.00. The minimum atomic E-state index is 0.669. The van der Waals surface area contributed by atoms with E-state index in [0.29, 0.717) is 17.5 Å². The zero-order valence-corrected chi connectivity index (χ0v) is 33.4. The molecule has 0 saturated carbocycles. The van der Waals surface area contributed by atoms with Gasteiger partial charge in [0, 0.05) is 70.2 Å². The summed E-state index contributed by atoms with van der Waals surface area (Å²) in [6.45, 7) is 0. The Morgan fingerprint density at radius 1 is 0.450 bits per heavy atom. The molecule has 0 aliphatic heterocycles. The second-order valence-corrected chi connectivity index (χ2v) is 16.5. The zero-order valence-electron chi connectivity index (χ0n) is 32.5. The predicted octanol–water partition coefficient (Wildman–Crippen LogP) is 14.4. The molecular formula is C54H36N4OS. The van der Waals surface area contributed by atoms with Gasteiger partial charge in [0.25, 0.3) is 0 Å². The number of para-hydroxylation sites is 2. The molecule has 4 aromatic heterocycles. The Kier molecular flexibility index (Phi) is 8.16. The van der Waals surface area contributed by atoms with Crippen LogP contribution in [0.25, 0.3) is 104 Å². The highest BCUT2D eigenvalue weighted by atomic mass is 32.1. The number of fused-ring (bicyclic) bond motifs is 9. The molecule has 0 bridgehead atoms. The normalized spacial score (nSPS) is 11.9. The van der Waals surface area contributed by atoms with Crippen molar-refractivity contribution in [3.63, 3.8) is 0 Å². The summed E-state index contributed by atoms with van der Waals surface area (Å²) in [5.41, 5.74) is 10.9. The molecule has 0 aliphatic carbocycles. The third-order valence-corrected chi connectivity index (χ3v) is 12.9. The van der Waals surface area contributed by atoms with Crippen molar-refractivity contribution in [3.05, 3.63) is 193 Å². The van der Waals surface area contributed by atoms with E-state index in [9.17, 15) is 0 Å². The second kappa shape index (κ2) is 14.2. The van der Waals surface area contributed by atoms with Gasteiger partial charge in [-0.2, -0.15) is 0 Å². The topological polar surface area (TPSA) is 56.7 Å². The molecule has 8 aromatic carbocycles. The minimum absolute atomic E-state index is 0.669. The average molecular weight is 789 g/mol. The van der Waals surface area contributed by atoms with E-state index in [0.717, 1.165) is 63.6 Å². The number of aryl methyl sites for hydroxylation is 2. The second-order valence-electron chi connectivity index (χ2n) is 15.4. The van der Waals surface area contributed by atoms with Crippen molar-refractivity contribution in [1.29, 1.82) is 0 Å². The van der Waals surface area contributed by atoms with E-state index in [1.54, 1.807) is 0 Å². The van der Waals surface area contributed by atoms with E-state index in [1.165, 1.54) is 53.1 Å². The Labute approximate surface area is 349 Å². The fraction of sp³-hybridized carbons (Fsp3) is 0.0556. The van der Waals surface area contributed by atoms with E-state index in [4.69, 9.17) is 19.4 Å². The van der Waals surface area contributed by atoms with Gasteiger partial charge in [-0.1, -0.05) is 127 Å². The van der Waals surface area contributed by atoms with Gasteiger partial charge in [-0.05, 0) is 78.9 Å². The zero-order chi connectivity index (χ0) is 39.6. The standard InChI is InChI=1S/C54H36N4OS/c1-3-15-36(16-4-1)52-55-53(37-17-5-2-6-18-37)57-54(56-52)42-23-13-27-49-51(42)50-35(20-12-26-48(50)60-49)19-11-14-34-28-31-46-43(32-34)41-30-29-38(33-47(41)59-46)58-44-24-9-7-21-39(44)40-22-8-10-25-45(40)58/h1-10,12-13,15-18,20-33H,11,14,19H2. The fourth-order valence-electron chi connectivity index (χ4n) is 9.05. The van der Waals surface area contributed by atoms with E-state index >= 15 is 0 Å². The number of rotatable bonds is 8. The number of aromatic nitrogens is 4. The Morgan fingerprint density at radius 2 is 1.08 bits per heavy atom. The van der Waals surface area contributed by atoms with Crippen LogP contribution in [0.2, 0.25) is 0 Å². The van der Waals surface area contributed by atoms with Crippen LogP contribution >= 0.6 is 11.3 Å². The van der Waals surface area contributed by atoms with Gasteiger partial charge in [-0.15, -0.1) is 11.3 Å². The molecule has 0 spiro atoms. The molecule has 284 valence electrons. The smallest absolute Gasteiger partial charge is 0.164 e. The third kappa shape index (κ3) is 5.79. The molecule has 4 heterocycles. The number of benzene rings is 8. The maximum Gasteiger partial charge on any atom is 0.164 e. The number of nitrogens with zero attached hydrogens (tertiary/aromatic N) is 4. The van der Waals surface area contributed by atoms with Crippen LogP contribution in [0.1, 0.15) is 17.5 Å². The van der Waals surface area contributed by atoms with E-state index in [2.05, 4.69) is 150 Å². The summed E-state index contributed by atoms with van der Waals surface area (Å²) in [5.74, 6) is 2.02. The van der Waals surface area contributed by atoms with Crippen molar-refractivity contribution in [3.8, 4) is 39.9 Å². The van der Waals surface area contributed by atoms with Gasteiger partial charge in [0.05, 0.1) is 11.0 Å². The van der Waals surface area contributed by atoms with Crippen LogP contribution < -0.4 is 0 Å². The van der Waals surface area contributed by atoms with Crippen LogP contribution in [-0.2, 0) is 12.8 Å². The minimum Gasteiger partial charge on any atom is -0.456 e. The van der Waals surface area contributed by atoms with Gasteiger partial charge in [-0.3, -0.25) is 0 Å². The number of thiophene rings is 1. The number of hydrogen-bond acceptors (Lipinski definition) is 5. The van der Waals surface area contributed by atoms with Crippen LogP contribution in [0.3, 0.4) is 0 Å². The van der Waals surface area contributed by atoms with Gasteiger partial charge in [0.2, 0.25) is 0 Å². The first-order chi connectivity index (χ1) is 29.7. The molecule has 0 saturated heterocycles. The van der Waals surface area contributed by atoms with E-state index in [1.807, 2.05) is 47.7 Å². The molecule has 12 rings (SSSR count). The number of hydrogen-bond donors (Lipinski definition) is 0. The highest BCUT2D eigenvalue weighted by Gasteiger charge is 2.19. The molecule has 0 fully saturated rings. The molecule has 0 aliphatic rings. The fourth-order valence-corrected chi connectivity index (χ4v) is 10.2. The molecule has 5 nitrogen and oxygen atoms in total. The molecular weight excluding hydrogens is 753 g/mol. The van der Waals surface area contributed by atoms with Crippen LogP contribution in [0.5, 0.6) is 0 Å². The lowest BCUT2D eigenvalue weighted by Gasteiger charge is -2.10. The van der Waals surface area contributed by atoms with Gasteiger partial charge < -0.3 is 8.98 Å². The Morgan fingerprint density at radius 3 is 1.80 bits per heavy atom. The molecule has 0 radical (unpaired) electrons. The summed E-state index contributed by atoms with van der Waals surface area (Å²) < 4.78 is 11.4. The molecule has 0 unspecified atom stereocenters. The van der Waals surface area contributed by atoms with Gasteiger partial charge in [-0.25, -0.2) is 15.0 Å². The van der Waals surface area contributed by atoms with Gasteiger partial charge in [0.1, 0.15) is 11.2 Å². The lowest BCUT2D eigenvalue weighted by atomic mass is 9.97. The maximum atomic E-state index is 6.51. The first-order valence-electron chi connectivity index (χ1n) is 20.5. The van der Waals surface area contributed by atoms with Crippen LogP contribution in [0.4, 0.5) is 0 Å². The van der Waals surface area contributed by atoms with Crippen molar-refractivity contribution in [2.45, 2.75) is 19.3 Å². The molecule has 6 heteroatoms. The summed E-state index contributed by atoms with van der Waals surface area (Å²) in [5, 5.41) is 7.32. The maximum absolute atomic E-state index is 6.51. The lowest BCUT2D eigenvalue weighted by molar-refractivity contribution is 0.668. The van der Waals surface area contributed by atoms with Crippen LogP contribution in [0, 0.1) is 0 Å². The number of furan rings is 1. The molecule has 0 atom stereocenters. The molecule has 0 amide bonds. The molecule has 12 aromatic rings. The molecule has 60 heavy (non-hydrogen) atoms. The SMILES string of the molecule is c1ccc(-c2nc(-c3ccccc3)nc(-c3cccc4sc5cccc(CCCc6ccc7oc8cc(-n9c%10ccccc%10c%10ccccc%109)ccc8c7c6)c5c34)n2)cc1. The summed E-state index contributed by atoms with van der Waals surface area (Å²) in [4.78, 5) is 15.2. The summed E-state index contributed by atoms with van der Waals surface area (Å²) in [7, 11) is 0. The monoisotopic (exact) mass is 788 g/mol. The van der Waals surface area contributed by atoms with Crippen LogP contribution in [-0.4, -0.2) is 19.5 Å². The Balaban J connectivity index is 0.876. The summed E-state index contributed by atoms with van der Waals surface area (Å²) in [6, 6.07) is 64.2. The first kappa shape index (κ1) is 34.6. The van der Waals surface area contributed by atoms with Gasteiger partial charge >= 0.3 is 0 Å². The Hall–Kier alpha value is -7.41. The molecule has 0 N–H and O–H groups in total. The van der Waals surface area contributed by atoms with Crippen molar-refractivity contribution >= 4 is 75.3 Å². The van der Waals surface area contributed by atoms with E-state index < -0.39 is 0 Å². The average Bonchev–Trinajstić information content (AvgIpc) is 3.99. The van der Waals surface area contributed by atoms with Crippen molar-refractivity contribution < 1.29 is 4.42 Å². The van der Waals surface area contributed by atoms with Crippen molar-refractivity contribution in [1.82, 2.24) is 19.5 Å². The van der Waals surface area contributed by atoms with Crippen molar-refractivity contribution in [2.24, 2.45) is 0 Å². The highest BCUT2D eigenvalue weighted by Crippen LogP contribution is 2.42. The van der Waals surface area contributed by atoms with Crippen LogP contribution in [0.15, 0.2) is 186 Å². The van der Waals surface area contributed by atoms with E-state index in [-0.39, 0.29) is 0 Å². The predicted molar refractivity (Wildman–Crippen MR) is 249 cm³/mol. The Bertz CT molecular complexity index is 3470. The van der Waals surface area contributed by atoms with Gasteiger partial charge in [0.15, 0.2) is 17.5 Å².